The van der Waals surface area contributed by atoms with Crippen LogP contribution in [-0.2, 0) is 18.9 Å². The Morgan fingerprint density at radius 3 is 2.23 bits per heavy atom. The third kappa shape index (κ3) is 3.53. The summed E-state index contributed by atoms with van der Waals surface area (Å²) >= 11 is 0. The van der Waals surface area contributed by atoms with Crippen molar-refractivity contribution in [2.75, 3.05) is 6.61 Å². The highest BCUT2D eigenvalue weighted by Gasteiger charge is 2.87. The van der Waals surface area contributed by atoms with Gasteiger partial charge in [-0.25, -0.2) is 0 Å². The summed E-state index contributed by atoms with van der Waals surface area (Å²) in [6, 6.07) is 0. The molecule has 250 valence electrons. The Morgan fingerprint density at radius 1 is 0.795 bits per heavy atom. The van der Waals surface area contributed by atoms with Crippen LogP contribution in [0.25, 0.3) is 0 Å². The predicted molar refractivity (Wildman–Crippen MR) is 159 cm³/mol. The Labute approximate surface area is 262 Å². The molecule has 8 rings (SSSR count). The molecular formula is C35H56O9. The van der Waals surface area contributed by atoms with Gasteiger partial charge in [-0.2, -0.15) is 0 Å². The highest BCUT2D eigenvalue weighted by molar-refractivity contribution is 5.34. The summed E-state index contributed by atoms with van der Waals surface area (Å²) in [5.41, 5.74) is -1.28. The summed E-state index contributed by atoms with van der Waals surface area (Å²) in [6.07, 6.45) is 1.70. The van der Waals surface area contributed by atoms with Gasteiger partial charge in [0, 0.05) is 12.3 Å². The summed E-state index contributed by atoms with van der Waals surface area (Å²) in [6.45, 7) is 15.4. The first-order chi connectivity index (χ1) is 20.4. The molecule has 9 nitrogen and oxygen atoms in total. The van der Waals surface area contributed by atoms with E-state index in [1.165, 1.54) is 0 Å². The molecule has 3 heterocycles. The van der Waals surface area contributed by atoms with E-state index in [-0.39, 0.29) is 69.7 Å². The van der Waals surface area contributed by atoms with Crippen LogP contribution < -0.4 is 0 Å². The van der Waals surface area contributed by atoms with Crippen LogP contribution in [0.15, 0.2) is 0 Å². The van der Waals surface area contributed by atoms with Crippen LogP contribution in [0.2, 0.25) is 0 Å². The maximum Gasteiger partial charge on any atom is 0.186 e. The van der Waals surface area contributed by atoms with Crippen LogP contribution in [0.5, 0.6) is 0 Å². The topological polar surface area (TPSA) is 138 Å². The zero-order valence-corrected chi connectivity index (χ0v) is 27.7. The number of ether oxygens (including phenoxy) is 4. The minimum Gasteiger partial charge on any atom is -0.393 e. The van der Waals surface area contributed by atoms with Crippen LogP contribution >= 0.6 is 0 Å². The van der Waals surface area contributed by atoms with Crippen LogP contribution in [0, 0.1) is 50.7 Å². The number of hydrogen-bond donors (Lipinski definition) is 5. The predicted octanol–water partition coefficient (Wildman–Crippen LogP) is 3.12. The van der Waals surface area contributed by atoms with Gasteiger partial charge in [0.1, 0.15) is 24.4 Å². The lowest BCUT2D eigenvalue weighted by molar-refractivity contribution is -0.304. The minimum absolute atomic E-state index is 0.0465. The molecule has 8 fully saturated rings. The van der Waals surface area contributed by atoms with Gasteiger partial charge in [-0.15, -0.1) is 0 Å². The fourth-order valence-electron chi connectivity index (χ4n) is 14.0. The molecule has 0 aromatic heterocycles. The van der Waals surface area contributed by atoms with Gasteiger partial charge >= 0.3 is 0 Å². The lowest BCUT2D eigenvalue weighted by Gasteiger charge is -2.64. The van der Waals surface area contributed by atoms with Crippen molar-refractivity contribution in [3.8, 4) is 0 Å². The number of hydrogen-bond acceptors (Lipinski definition) is 9. The molecule has 5 N–H and O–H groups in total. The summed E-state index contributed by atoms with van der Waals surface area (Å²) in [7, 11) is 0. The molecule has 9 heteroatoms. The quantitative estimate of drug-likeness (QED) is 0.301. The fraction of sp³-hybridized carbons (Fsp3) is 1.00. The highest BCUT2D eigenvalue weighted by atomic mass is 16.8. The fourth-order valence-corrected chi connectivity index (χ4v) is 14.0. The number of fused-ring (bicyclic) bond motifs is 4. The van der Waals surface area contributed by atoms with Crippen molar-refractivity contribution in [3.63, 3.8) is 0 Å². The number of rotatable bonds is 3. The van der Waals surface area contributed by atoms with Gasteiger partial charge in [0.2, 0.25) is 0 Å². The van der Waals surface area contributed by atoms with Crippen molar-refractivity contribution >= 4 is 0 Å². The molecule has 3 spiro atoms. The van der Waals surface area contributed by atoms with Gasteiger partial charge in [-0.1, -0.05) is 34.6 Å². The largest absolute Gasteiger partial charge is 0.393 e. The second-order valence-electron chi connectivity index (χ2n) is 18.4. The third-order valence-electron chi connectivity index (χ3n) is 15.7. The molecule has 17 atom stereocenters. The number of aliphatic hydroxyl groups excluding tert-OH is 4. The van der Waals surface area contributed by atoms with Crippen LogP contribution in [0.3, 0.4) is 0 Å². The molecule has 0 aromatic carbocycles. The minimum atomic E-state index is -1.31. The molecule has 44 heavy (non-hydrogen) atoms. The van der Waals surface area contributed by atoms with Gasteiger partial charge in [0.05, 0.1) is 30.5 Å². The molecule has 0 aromatic rings. The van der Waals surface area contributed by atoms with Gasteiger partial charge < -0.3 is 44.5 Å². The Morgan fingerprint density at radius 2 is 1.52 bits per heavy atom. The Kier molecular flexibility index (Phi) is 6.33. The van der Waals surface area contributed by atoms with Crippen LogP contribution in [0.1, 0.15) is 99.8 Å². The van der Waals surface area contributed by atoms with Crippen molar-refractivity contribution in [3.05, 3.63) is 0 Å². The van der Waals surface area contributed by atoms with Gasteiger partial charge in [-0.05, 0) is 104 Å². The van der Waals surface area contributed by atoms with Crippen LogP contribution in [0.4, 0.5) is 0 Å². The molecule has 5 aliphatic carbocycles. The van der Waals surface area contributed by atoms with Crippen molar-refractivity contribution in [2.24, 2.45) is 50.7 Å². The molecule has 0 amide bonds. The van der Waals surface area contributed by atoms with Crippen LogP contribution in [-0.4, -0.2) is 92.5 Å². The first-order valence-corrected chi connectivity index (χ1v) is 17.4. The summed E-state index contributed by atoms with van der Waals surface area (Å²) < 4.78 is 25.9. The summed E-state index contributed by atoms with van der Waals surface area (Å²) in [5.74, 6) is 0.319. The number of aliphatic hydroxyl groups is 5. The first-order valence-electron chi connectivity index (χ1n) is 17.4. The Hall–Kier alpha value is -0.360. The average Bonchev–Trinajstić information content (AvgIpc) is 3.38. The van der Waals surface area contributed by atoms with E-state index in [0.29, 0.717) is 12.3 Å². The smallest absolute Gasteiger partial charge is 0.186 e. The average molecular weight is 621 g/mol. The van der Waals surface area contributed by atoms with Gasteiger partial charge in [-0.3, -0.25) is 0 Å². The Bertz CT molecular complexity index is 1200. The van der Waals surface area contributed by atoms with E-state index in [1.807, 2.05) is 13.8 Å². The Balaban J connectivity index is 1.10. The normalized spacial score (nSPS) is 62.2. The maximum atomic E-state index is 12.4. The SMILES string of the molecule is C[C@@H]1C[C@H]2O[C@]3(C[C@@]4(C)C5[C@@H](O)CC6C(C)(C)C(OC7OCC(O)C(O)C7O)CC[C@@]67C[C@@]57CC[C@]4(C)C13)OC2C(C)(C)O. The van der Waals surface area contributed by atoms with Crippen molar-refractivity contribution < 1.29 is 44.5 Å². The molecule has 3 saturated heterocycles. The summed E-state index contributed by atoms with van der Waals surface area (Å²) in [4.78, 5) is 0. The lowest BCUT2D eigenvalue weighted by atomic mass is 9.41. The van der Waals surface area contributed by atoms with E-state index in [0.717, 1.165) is 44.9 Å². The summed E-state index contributed by atoms with van der Waals surface area (Å²) in [5, 5.41) is 54.2. The monoisotopic (exact) mass is 620 g/mol. The van der Waals surface area contributed by atoms with E-state index in [2.05, 4.69) is 34.6 Å². The standard InChI is InChI=1S/C35H56O9/c1-17-12-20-27(30(4,5)40)44-35(43-20)15-32(7)26-18(36)13-21-29(2,3)22(42-28-24(39)23(38)19(37)14-41-28)8-9-33(21)16-34(26,33)11-10-31(32,6)25(17)35/h17-28,36-40H,8-16H2,1-7H3/t17-,18+,19?,20-,21?,22?,23?,24?,25?,26?,27?,28?,31-,32+,33-,34+,35-/m1/s1. The van der Waals surface area contributed by atoms with Crippen molar-refractivity contribution in [2.45, 2.75) is 160 Å². The first kappa shape index (κ1) is 30.9. The zero-order valence-electron chi connectivity index (χ0n) is 27.7. The molecule has 5 saturated carbocycles. The second kappa shape index (κ2) is 9.00. The molecule has 2 bridgehead atoms. The lowest BCUT2D eigenvalue weighted by Crippen LogP contribution is -2.63. The molecule has 3 aliphatic heterocycles. The van der Waals surface area contributed by atoms with E-state index in [4.69, 9.17) is 18.9 Å². The van der Waals surface area contributed by atoms with Gasteiger partial charge in [0.25, 0.3) is 0 Å². The van der Waals surface area contributed by atoms with E-state index >= 15 is 0 Å². The second-order valence-corrected chi connectivity index (χ2v) is 18.4. The van der Waals surface area contributed by atoms with Crippen molar-refractivity contribution in [1.29, 1.82) is 0 Å². The maximum absolute atomic E-state index is 12.4. The van der Waals surface area contributed by atoms with Crippen molar-refractivity contribution in [1.82, 2.24) is 0 Å². The highest BCUT2D eigenvalue weighted by Crippen LogP contribution is 2.90. The molecule has 0 radical (unpaired) electrons. The van der Waals surface area contributed by atoms with E-state index in [9.17, 15) is 25.5 Å². The third-order valence-corrected chi connectivity index (χ3v) is 15.7. The van der Waals surface area contributed by atoms with E-state index < -0.39 is 42.1 Å². The molecular weight excluding hydrogens is 564 g/mol. The molecule has 8 aliphatic rings. The zero-order chi connectivity index (χ0) is 31.6. The molecule has 9 unspecified atom stereocenters. The van der Waals surface area contributed by atoms with E-state index in [1.54, 1.807) is 0 Å². The van der Waals surface area contributed by atoms with Gasteiger partial charge in [0.15, 0.2) is 12.1 Å².